The summed E-state index contributed by atoms with van der Waals surface area (Å²) in [4.78, 5) is 22.1. The van der Waals surface area contributed by atoms with Crippen LogP contribution in [0.4, 0.5) is 23.7 Å². The Morgan fingerprint density at radius 1 is 1.07 bits per heavy atom. The summed E-state index contributed by atoms with van der Waals surface area (Å²) >= 11 is 1.66. The number of likely N-dealkylation sites (tertiary alicyclic amines) is 1. The summed E-state index contributed by atoms with van der Waals surface area (Å²) in [6.07, 6.45) is 4.75. The molecule has 1 amide bonds. The highest BCUT2D eigenvalue weighted by molar-refractivity contribution is 7.98. The Kier molecular flexibility index (Phi) is 9.18. The molecule has 0 saturated carbocycles. The first-order valence-corrected chi connectivity index (χ1v) is 14.3. The molecule has 0 atom stereocenters. The van der Waals surface area contributed by atoms with Gasteiger partial charge in [-0.3, -0.25) is 4.98 Å². The number of halogens is 3. The number of anilines is 1. The lowest BCUT2D eigenvalue weighted by atomic mass is 10.0. The van der Waals surface area contributed by atoms with Gasteiger partial charge in [0.05, 0.1) is 12.8 Å². The van der Waals surface area contributed by atoms with E-state index in [4.69, 9.17) is 9.47 Å². The molecule has 2 aromatic carbocycles. The third-order valence-electron chi connectivity index (χ3n) is 6.74. The van der Waals surface area contributed by atoms with Gasteiger partial charge in [-0.2, -0.15) is 4.39 Å². The van der Waals surface area contributed by atoms with Crippen molar-refractivity contribution in [3.8, 4) is 17.0 Å². The molecule has 0 bridgehead atoms. The predicted octanol–water partition coefficient (Wildman–Crippen LogP) is 7.30. The molecule has 1 aromatic heterocycles. The van der Waals surface area contributed by atoms with Gasteiger partial charge in [-0.25, -0.2) is 13.6 Å². The van der Waals surface area contributed by atoms with Gasteiger partial charge in [-0.15, -0.1) is 11.8 Å². The molecule has 1 aliphatic heterocycles. The number of rotatable bonds is 7. The number of benzene rings is 2. The summed E-state index contributed by atoms with van der Waals surface area (Å²) < 4.78 is 53.0. The maximum Gasteiger partial charge on any atom is 0.410 e. The zero-order chi connectivity index (χ0) is 29.0. The normalized spacial score (nSPS) is 14.2. The Hall–Kier alpha value is -3.40. The van der Waals surface area contributed by atoms with Crippen molar-refractivity contribution in [1.82, 2.24) is 9.88 Å². The minimum absolute atomic E-state index is 0.0299. The van der Waals surface area contributed by atoms with E-state index in [1.807, 2.05) is 33.1 Å². The number of amides is 1. The van der Waals surface area contributed by atoms with E-state index in [9.17, 15) is 18.0 Å². The minimum atomic E-state index is -1.59. The van der Waals surface area contributed by atoms with Gasteiger partial charge in [-0.1, -0.05) is 0 Å². The zero-order valence-corrected chi connectivity index (χ0v) is 24.2. The molecule has 3 aromatic rings. The Morgan fingerprint density at radius 3 is 2.35 bits per heavy atom. The number of hydrogen-bond donors (Lipinski definition) is 0. The van der Waals surface area contributed by atoms with E-state index in [2.05, 4.69) is 34.1 Å². The second kappa shape index (κ2) is 12.4. The number of nitrogens with zero attached hydrogens (tertiary/aromatic N) is 3. The monoisotopic (exact) mass is 573 g/mol. The molecular formula is C30H34F3N3O3S. The molecule has 2 heterocycles. The number of piperidine rings is 1. The van der Waals surface area contributed by atoms with E-state index in [1.54, 1.807) is 28.9 Å². The minimum Gasteiger partial charge on any atom is -0.493 e. The molecule has 0 aliphatic carbocycles. The SMILES string of the molecule is COc1c(-c2cc(CN(c3ccc(SC)cc3)C3CCN(C(=O)OC(C)(C)C)CC3)ccn2)cc(F)c(F)c1F. The van der Waals surface area contributed by atoms with Crippen LogP contribution in [0.15, 0.2) is 53.6 Å². The molecule has 214 valence electrons. The Bertz CT molecular complexity index is 1340. The summed E-state index contributed by atoms with van der Waals surface area (Å²) in [5.74, 6) is -4.69. The smallest absolute Gasteiger partial charge is 0.410 e. The number of ether oxygens (including phenoxy) is 2. The lowest BCUT2D eigenvalue weighted by Crippen LogP contribution is -2.48. The molecule has 0 N–H and O–H groups in total. The van der Waals surface area contributed by atoms with Gasteiger partial charge < -0.3 is 19.3 Å². The first-order chi connectivity index (χ1) is 19.0. The van der Waals surface area contributed by atoms with Crippen LogP contribution in [-0.2, 0) is 11.3 Å². The molecule has 0 radical (unpaired) electrons. The molecule has 1 saturated heterocycles. The fourth-order valence-electron chi connectivity index (χ4n) is 4.78. The molecule has 10 heteroatoms. The van der Waals surface area contributed by atoms with E-state index in [-0.39, 0.29) is 23.4 Å². The second-order valence-electron chi connectivity index (χ2n) is 10.6. The van der Waals surface area contributed by atoms with Crippen LogP contribution in [0, 0.1) is 17.5 Å². The van der Waals surface area contributed by atoms with Crippen LogP contribution >= 0.6 is 11.8 Å². The van der Waals surface area contributed by atoms with Gasteiger partial charge in [0.2, 0.25) is 5.82 Å². The fourth-order valence-corrected chi connectivity index (χ4v) is 5.18. The van der Waals surface area contributed by atoms with Crippen molar-refractivity contribution < 1.29 is 27.4 Å². The number of carbonyl (C=O) groups is 1. The highest BCUT2D eigenvalue weighted by Crippen LogP contribution is 2.35. The summed E-state index contributed by atoms with van der Waals surface area (Å²) in [7, 11) is 1.20. The quantitative estimate of drug-likeness (QED) is 0.218. The maximum atomic E-state index is 14.4. The van der Waals surface area contributed by atoms with Crippen LogP contribution in [0.5, 0.6) is 5.75 Å². The van der Waals surface area contributed by atoms with Crippen molar-refractivity contribution in [2.24, 2.45) is 0 Å². The van der Waals surface area contributed by atoms with Gasteiger partial charge >= 0.3 is 6.09 Å². The molecule has 1 fully saturated rings. The predicted molar refractivity (Wildman–Crippen MR) is 151 cm³/mol. The number of methoxy groups -OCH3 is 1. The molecule has 0 unspecified atom stereocenters. The van der Waals surface area contributed by atoms with E-state index in [0.29, 0.717) is 19.6 Å². The van der Waals surface area contributed by atoms with E-state index in [1.165, 1.54) is 7.11 Å². The topological polar surface area (TPSA) is 54.9 Å². The van der Waals surface area contributed by atoms with Crippen molar-refractivity contribution in [3.63, 3.8) is 0 Å². The van der Waals surface area contributed by atoms with Crippen molar-refractivity contribution in [2.75, 3.05) is 31.4 Å². The summed E-state index contributed by atoms with van der Waals surface area (Å²) in [6, 6.07) is 12.9. The average Bonchev–Trinajstić information content (AvgIpc) is 2.94. The Morgan fingerprint density at radius 2 is 1.75 bits per heavy atom. The van der Waals surface area contributed by atoms with Gasteiger partial charge in [-0.05, 0) is 87.9 Å². The van der Waals surface area contributed by atoms with Crippen molar-refractivity contribution >= 4 is 23.5 Å². The van der Waals surface area contributed by atoms with Crippen molar-refractivity contribution in [3.05, 3.63) is 71.7 Å². The van der Waals surface area contributed by atoms with Crippen LogP contribution in [0.25, 0.3) is 11.3 Å². The number of hydrogen-bond acceptors (Lipinski definition) is 6. The third-order valence-corrected chi connectivity index (χ3v) is 7.48. The first-order valence-electron chi connectivity index (χ1n) is 13.1. The number of aromatic nitrogens is 1. The summed E-state index contributed by atoms with van der Waals surface area (Å²) in [5, 5.41) is 0. The van der Waals surface area contributed by atoms with Gasteiger partial charge in [0.25, 0.3) is 0 Å². The standard InChI is InChI=1S/C30H34F3N3O3S/c1-30(2,3)39-29(37)35-14-11-21(12-15-35)36(20-6-8-22(40-5)9-7-20)18-19-10-13-34-25(16-19)23-17-24(31)26(32)27(33)28(23)38-4/h6-10,13,16-17,21H,11-12,14-15,18H2,1-5H3. The summed E-state index contributed by atoms with van der Waals surface area (Å²) in [5.41, 5.74) is 1.60. The van der Waals surface area contributed by atoms with Gasteiger partial charge in [0.1, 0.15) is 5.60 Å². The number of thioether (sulfide) groups is 1. The molecule has 6 nitrogen and oxygen atoms in total. The van der Waals surface area contributed by atoms with E-state index in [0.717, 1.165) is 35.1 Å². The lowest BCUT2D eigenvalue weighted by Gasteiger charge is -2.40. The molecule has 1 aliphatic rings. The Labute approximate surface area is 237 Å². The number of pyridine rings is 1. The van der Waals surface area contributed by atoms with Crippen LogP contribution in [-0.4, -0.2) is 54.1 Å². The van der Waals surface area contributed by atoms with Gasteiger partial charge in [0, 0.05) is 48.0 Å². The average molecular weight is 574 g/mol. The second-order valence-corrected chi connectivity index (χ2v) is 11.5. The first kappa shape index (κ1) is 29.6. The van der Waals surface area contributed by atoms with Crippen LogP contribution in [0.3, 0.4) is 0 Å². The van der Waals surface area contributed by atoms with E-state index < -0.39 is 28.8 Å². The van der Waals surface area contributed by atoms with Crippen LogP contribution in [0.1, 0.15) is 39.2 Å². The fraction of sp³-hybridized carbons (Fsp3) is 0.400. The highest BCUT2D eigenvalue weighted by atomic mass is 32.2. The van der Waals surface area contributed by atoms with E-state index >= 15 is 0 Å². The third kappa shape index (κ3) is 6.83. The van der Waals surface area contributed by atoms with Crippen LogP contribution in [0.2, 0.25) is 0 Å². The van der Waals surface area contributed by atoms with Gasteiger partial charge in [0.15, 0.2) is 17.4 Å². The maximum absolute atomic E-state index is 14.4. The zero-order valence-electron chi connectivity index (χ0n) is 23.3. The Balaban J connectivity index is 1.61. The van der Waals surface area contributed by atoms with Crippen LogP contribution < -0.4 is 9.64 Å². The summed E-state index contributed by atoms with van der Waals surface area (Å²) in [6.45, 7) is 7.16. The molecular weight excluding hydrogens is 539 g/mol. The molecule has 40 heavy (non-hydrogen) atoms. The lowest BCUT2D eigenvalue weighted by molar-refractivity contribution is 0.0204. The molecule has 0 spiro atoms. The largest absolute Gasteiger partial charge is 0.493 e. The highest BCUT2D eigenvalue weighted by Gasteiger charge is 2.30. The molecule has 4 rings (SSSR count). The van der Waals surface area contributed by atoms with Crippen molar-refractivity contribution in [2.45, 2.75) is 56.7 Å². The number of carbonyl (C=O) groups excluding carboxylic acids is 1. The van der Waals surface area contributed by atoms with Crippen molar-refractivity contribution in [1.29, 1.82) is 0 Å².